The van der Waals surface area contributed by atoms with Crippen LogP contribution in [0.25, 0.3) is 0 Å². The topological polar surface area (TPSA) is 56.8 Å². The Balaban J connectivity index is 1.67. The van der Waals surface area contributed by atoms with E-state index < -0.39 is 12.8 Å². The summed E-state index contributed by atoms with van der Waals surface area (Å²) in [5.41, 5.74) is 0.482. The van der Waals surface area contributed by atoms with E-state index >= 15 is 0 Å². The van der Waals surface area contributed by atoms with E-state index in [-0.39, 0.29) is 18.1 Å². The van der Waals surface area contributed by atoms with Crippen LogP contribution in [0.15, 0.2) is 48.5 Å². The van der Waals surface area contributed by atoms with Crippen molar-refractivity contribution in [1.82, 2.24) is 0 Å². The van der Waals surface area contributed by atoms with Gasteiger partial charge >= 0.3 is 6.18 Å². The van der Waals surface area contributed by atoms with E-state index in [1.54, 1.807) is 31.4 Å². The summed E-state index contributed by atoms with van der Waals surface area (Å²) < 4.78 is 51.4. The van der Waals surface area contributed by atoms with E-state index in [2.05, 4.69) is 10.1 Å². The number of hydrogen-bond donors (Lipinski definition) is 1. The maximum absolute atomic E-state index is 12.1. The highest BCUT2D eigenvalue weighted by Crippen LogP contribution is 2.20. The highest BCUT2D eigenvalue weighted by molar-refractivity contribution is 5.90. The maximum atomic E-state index is 12.1. The smallest absolute Gasteiger partial charge is 0.422 e. The molecule has 2 aromatic rings. The molecule has 8 heteroatoms. The Hall–Kier alpha value is -2.90. The number of methoxy groups -OCH3 is 1. The van der Waals surface area contributed by atoms with Gasteiger partial charge in [-0.05, 0) is 55.0 Å². The Morgan fingerprint density at radius 1 is 0.926 bits per heavy atom. The molecule has 0 spiro atoms. The minimum Gasteiger partial charge on any atom is -0.497 e. The van der Waals surface area contributed by atoms with Crippen molar-refractivity contribution in [3.63, 3.8) is 0 Å². The van der Waals surface area contributed by atoms with Gasteiger partial charge in [0, 0.05) is 12.1 Å². The molecule has 2 aromatic carbocycles. The molecule has 0 saturated carbocycles. The summed E-state index contributed by atoms with van der Waals surface area (Å²) in [5.74, 6) is 1.29. The summed E-state index contributed by atoms with van der Waals surface area (Å²) in [5, 5.41) is 2.67. The number of ether oxygens (including phenoxy) is 3. The first-order valence-electron chi connectivity index (χ1n) is 8.22. The Morgan fingerprint density at radius 3 is 2.07 bits per heavy atom. The molecule has 0 aliphatic heterocycles. The lowest BCUT2D eigenvalue weighted by atomic mass is 10.2. The van der Waals surface area contributed by atoms with Crippen LogP contribution in [0, 0.1) is 0 Å². The quantitative estimate of drug-likeness (QED) is 0.651. The Morgan fingerprint density at radius 2 is 1.48 bits per heavy atom. The second-order valence-corrected chi connectivity index (χ2v) is 5.60. The van der Waals surface area contributed by atoms with Crippen LogP contribution in [0.3, 0.4) is 0 Å². The molecule has 146 valence electrons. The average molecular weight is 383 g/mol. The minimum atomic E-state index is -4.39. The normalized spacial score (nSPS) is 11.0. The standard InChI is InChI=1S/C19H20F3NO4/c1-25-15-8-10-16(11-9-15)26-12-2-3-18(24)23-14-4-6-17(7-5-14)27-13-19(20,21)22/h4-11H,2-3,12-13H2,1H3,(H,23,24). The number of carbonyl (C=O) groups excluding carboxylic acids is 1. The van der Waals surface area contributed by atoms with Crippen molar-refractivity contribution < 1.29 is 32.2 Å². The molecule has 2 rings (SSSR count). The molecule has 0 bridgehead atoms. The number of alkyl halides is 3. The number of nitrogens with one attached hydrogen (secondary N) is 1. The van der Waals surface area contributed by atoms with Crippen molar-refractivity contribution in [1.29, 1.82) is 0 Å². The van der Waals surface area contributed by atoms with E-state index in [4.69, 9.17) is 9.47 Å². The van der Waals surface area contributed by atoms with Crippen LogP contribution in [-0.2, 0) is 4.79 Å². The van der Waals surface area contributed by atoms with Gasteiger partial charge in [0.05, 0.1) is 13.7 Å². The van der Waals surface area contributed by atoms with Crippen LogP contribution in [0.4, 0.5) is 18.9 Å². The molecule has 1 amide bonds. The first-order valence-corrected chi connectivity index (χ1v) is 8.22. The van der Waals surface area contributed by atoms with Gasteiger partial charge in [-0.1, -0.05) is 0 Å². The summed E-state index contributed by atoms with van der Waals surface area (Å²) in [7, 11) is 1.58. The third-order valence-electron chi connectivity index (χ3n) is 3.42. The predicted molar refractivity (Wildman–Crippen MR) is 94.3 cm³/mol. The number of anilines is 1. The van der Waals surface area contributed by atoms with Gasteiger partial charge < -0.3 is 19.5 Å². The van der Waals surface area contributed by atoms with Crippen molar-refractivity contribution >= 4 is 11.6 Å². The van der Waals surface area contributed by atoms with Gasteiger partial charge in [0.15, 0.2) is 6.61 Å². The highest BCUT2D eigenvalue weighted by atomic mass is 19.4. The third-order valence-corrected chi connectivity index (χ3v) is 3.42. The van der Waals surface area contributed by atoms with Crippen molar-refractivity contribution in [3.05, 3.63) is 48.5 Å². The lowest BCUT2D eigenvalue weighted by Crippen LogP contribution is -2.19. The molecule has 0 aliphatic rings. The van der Waals surface area contributed by atoms with Crippen LogP contribution in [0.5, 0.6) is 17.2 Å². The first-order chi connectivity index (χ1) is 12.9. The van der Waals surface area contributed by atoms with E-state index in [1.165, 1.54) is 24.3 Å². The maximum Gasteiger partial charge on any atom is 0.422 e. The second kappa shape index (κ2) is 9.70. The van der Waals surface area contributed by atoms with Crippen molar-refractivity contribution in [2.75, 3.05) is 25.6 Å². The number of rotatable bonds is 9. The molecule has 5 nitrogen and oxygen atoms in total. The SMILES string of the molecule is COc1ccc(OCCCC(=O)Nc2ccc(OCC(F)(F)F)cc2)cc1. The summed E-state index contributed by atoms with van der Waals surface area (Å²) >= 11 is 0. The molecule has 1 N–H and O–H groups in total. The zero-order valence-electron chi connectivity index (χ0n) is 14.7. The van der Waals surface area contributed by atoms with Gasteiger partial charge in [0.1, 0.15) is 17.2 Å². The fourth-order valence-electron chi connectivity index (χ4n) is 2.12. The van der Waals surface area contributed by atoms with Gasteiger partial charge in [-0.2, -0.15) is 13.2 Å². The first kappa shape index (κ1) is 20.4. The highest BCUT2D eigenvalue weighted by Gasteiger charge is 2.28. The fourth-order valence-corrected chi connectivity index (χ4v) is 2.12. The van der Waals surface area contributed by atoms with E-state index in [9.17, 15) is 18.0 Å². The van der Waals surface area contributed by atoms with Gasteiger partial charge in [-0.15, -0.1) is 0 Å². The molecule has 0 fully saturated rings. The fraction of sp³-hybridized carbons (Fsp3) is 0.316. The summed E-state index contributed by atoms with van der Waals surface area (Å²) in [4.78, 5) is 11.9. The average Bonchev–Trinajstić information content (AvgIpc) is 2.64. The van der Waals surface area contributed by atoms with Crippen molar-refractivity contribution in [2.24, 2.45) is 0 Å². The lowest BCUT2D eigenvalue weighted by molar-refractivity contribution is -0.153. The molecular weight excluding hydrogens is 363 g/mol. The van der Waals surface area contributed by atoms with Crippen LogP contribution in [-0.4, -0.2) is 32.4 Å². The number of amides is 1. The van der Waals surface area contributed by atoms with Crippen LogP contribution in [0.2, 0.25) is 0 Å². The summed E-state index contributed by atoms with van der Waals surface area (Å²) in [6.07, 6.45) is -3.62. The Kier molecular flexibility index (Phi) is 7.34. The molecule has 0 saturated heterocycles. The largest absolute Gasteiger partial charge is 0.497 e. The van der Waals surface area contributed by atoms with Gasteiger partial charge in [-0.3, -0.25) is 4.79 Å². The molecule has 0 radical (unpaired) electrons. The third kappa shape index (κ3) is 7.89. The van der Waals surface area contributed by atoms with Crippen molar-refractivity contribution in [3.8, 4) is 17.2 Å². The molecule has 0 aliphatic carbocycles. The lowest BCUT2D eigenvalue weighted by Gasteiger charge is -2.10. The van der Waals surface area contributed by atoms with Gasteiger partial charge in [0.2, 0.25) is 5.91 Å². The zero-order chi connectivity index (χ0) is 19.7. The van der Waals surface area contributed by atoms with E-state index in [1.807, 2.05) is 0 Å². The van der Waals surface area contributed by atoms with E-state index in [0.717, 1.165) is 5.75 Å². The number of halogens is 3. The number of carbonyl (C=O) groups is 1. The zero-order valence-corrected chi connectivity index (χ0v) is 14.7. The minimum absolute atomic E-state index is 0.0817. The Bertz CT molecular complexity index is 715. The number of benzene rings is 2. The Labute approximate surface area is 155 Å². The van der Waals surface area contributed by atoms with Gasteiger partial charge in [-0.25, -0.2) is 0 Å². The predicted octanol–water partition coefficient (Wildman–Crippen LogP) is 4.43. The molecule has 27 heavy (non-hydrogen) atoms. The molecule has 0 unspecified atom stereocenters. The van der Waals surface area contributed by atoms with Crippen LogP contribution >= 0.6 is 0 Å². The van der Waals surface area contributed by atoms with E-state index in [0.29, 0.717) is 24.5 Å². The molecule has 0 aromatic heterocycles. The van der Waals surface area contributed by atoms with Crippen LogP contribution in [0.1, 0.15) is 12.8 Å². The summed E-state index contributed by atoms with van der Waals surface area (Å²) in [6, 6.07) is 12.8. The second-order valence-electron chi connectivity index (χ2n) is 5.60. The monoisotopic (exact) mass is 383 g/mol. The van der Waals surface area contributed by atoms with Gasteiger partial charge in [0.25, 0.3) is 0 Å². The van der Waals surface area contributed by atoms with Crippen LogP contribution < -0.4 is 19.5 Å². The molecule has 0 atom stereocenters. The molecular formula is C19H20F3NO4. The van der Waals surface area contributed by atoms with Crippen molar-refractivity contribution in [2.45, 2.75) is 19.0 Å². The molecule has 0 heterocycles. The number of hydrogen-bond acceptors (Lipinski definition) is 4. The summed E-state index contributed by atoms with van der Waals surface area (Å²) in [6.45, 7) is -0.975.